The molecule has 0 aliphatic rings. The van der Waals surface area contributed by atoms with E-state index in [4.69, 9.17) is 7.85 Å². The van der Waals surface area contributed by atoms with Crippen molar-refractivity contribution < 1.29 is 48.0 Å². The van der Waals surface area contributed by atoms with E-state index >= 15 is 0 Å². The molecular weight excluding hydrogens is 289 g/mol. The van der Waals surface area contributed by atoms with E-state index in [1.165, 1.54) is 0 Å². The van der Waals surface area contributed by atoms with Gasteiger partial charge in [-0.1, -0.05) is 0 Å². The Kier molecular flexibility index (Phi) is 56.9. The summed E-state index contributed by atoms with van der Waals surface area (Å²) in [6.07, 6.45) is 0.750. The zero-order valence-corrected chi connectivity index (χ0v) is 7.36. The molecule has 0 rings (SSSR count). The van der Waals surface area contributed by atoms with Gasteiger partial charge in [0.15, 0.2) is 0 Å². The summed E-state index contributed by atoms with van der Waals surface area (Å²) >= 11 is 0. The van der Waals surface area contributed by atoms with Crippen LogP contribution in [0.5, 0.6) is 0 Å². The normalized spacial score (nSPS) is 3.80. The van der Waals surface area contributed by atoms with Crippen LogP contribution in [0.4, 0.5) is 0 Å². The van der Waals surface area contributed by atoms with Crippen LogP contribution in [0.2, 0.25) is 6.32 Å². The van der Waals surface area contributed by atoms with E-state index in [9.17, 15) is 0 Å². The Balaban J connectivity index is -0.0000000200. The zero-order chi connectivity index (χ0) is 2.71. The van der Waals surface area contributed by atoms with Crippen LogP contribution in [-0.4, -0.2) is 7.85 Å². The van der Waals surface area contributed by atoms with Gasteiger partial charge < -0.3 is 48.0 Å². The Hall–Kier alpha value is 1.52. The van der Waals surface area contributed by atoms with E-state index in [1.807, 2.05) is 6.92 Å². The summed E-state index contributed by atoms with van der Waals surface area (Å²) in [5.74, 6) is 0. The van der Waals surface area contributed by atoms with Gasteiger partial charge in [0.2, 0.25) is 0 Å². The van der Waals surface area contributed by atoms with Crippen LogP contribution in [0.15, 0.2) is 0 Å². The Morgan fingerprint density at radius 2 is 1.40 bits per heavy atom. The van der Waals surface area contributed by atoms with Crippen LogP contribution in [0.25, 0.3) is 0 Å². The molecule has 0 heterocycles. The first-order chi connectivity index (χ1) is 1.41. The van der Waals surface area contributed by atoms with Crippen LogP contribution < -0.4 is 48.0 Å². The fraction of sp³-hybridized carbons (Fsp3) is 1.00. The van der Waals surface area contributed by atoms with Gasteiger partial charge in [0.05, 0.1) is 0 Å². The third kappa shape index (κ3) is 29.5. The Labute approximate surface area is 68.5 Å². The molecule has 0 fully saturated rings. The minimum Gasteiger partial charge on any atom is -1.00 e. The maximum atomic E-state index is 4.85. The topological polar surface area (TPSA) is 0 Å². The molecule has 0 radical (unpaired) electrons. The van der Waals surface area contributed by atoms with Gasteiger partial charge in [0, 0.05) is 0 Å². The van der Waals surface area contributed by atoms with Gasteiger partial charge in [0.1, 0.15) is 0 Å². The molecule has 0 aromatic rings. The molecule has 0 atom stereocenters. The van der Waals surface area contributed by atoms with Gasteiger partial charge >= 0.3 is 21.1 Å². The molecule has 0 aromatic carbocycles. The second kappa shape index (κ2) is 17.7. The summed E-state index contributed by atoms with van der Waals surface area (Å²) in [6.45, 7) is 1.90. The molecule has 0 aliphatic carbocycles. The quantitative estimate of drug-likeness (QED) is 0.309. The van der Waals surface area contributed by atoms with E-state index in [-0.39, 0.29) is 48.0 Å². The van der Waals surface area contributed by atoms with Gasteiger partial charge in [-0.05, 0) is 0 Å². The van der Waals surface area contributed by atoms with Gasteiger partial charge in [0.25, 0.3) is 0 Å². The van der Waals surface area contributed by atoms with Crippen molar-refractivity contribution in [3.05, 3.63) is 0 Å². The monoisotopic (exact) mass is 294 g/mol. The van der Waals surface area contributed by atoms with Gasteiger partial charge in [-0.3, -0.25) is 0 Å². The molecule has 0 bridgehead atoms. The average Bonchev–Trinajstić information content (AvgIpc) is 0.918. The largest absolute Gasteiger partial charge is 1.00 e. The van der Waals surface area contributed by atoms with Crippen molar-refractivity contribution >= 4 is 7.85 Å². The molecule has 0 saturated heterocycles. The van der Waals surface area contributed by atoms with E-state index in [2.05, 4.69) is 0 Å². The first-order valence-corrected chi connectivity index (χ1v) is 1.12. The maximum absolute atomic E-state index is 4.85. The van der Waals surface area contributed by atoms with Gasteiger partial charge in [-0.15, -0.1) is 0 Å². The number of halogens is 2. The molecule has 5 heavy (non-hydrogen) atoms. The summed E-state index contributed by atoms with van der Waals surface area (Å²) in [5, 5.41) is 0. The predicted molar refractivity (Wildman–Crippen MR) is 16.2 cm³/mol. The first-order valence-electron chi connectivity index (χ1n) is 1.12. The minimum atomic E-state index is 0. The second-order valence-corrected chi connectivity index (χ2v) is 0.408. The van der Waals surface area contributed by atoms with Crippen molar-refractivity contribution in [2.75, 3.05) is 0 Å². The average molecular weight is 294 g/mol. The third-order valence-corrected chi connectivity index (χ3v) is 0. The molecule has 0 nitrogen and oxygen atoms in total. The summed E-state index contributed by atoms with van der Waals surface area (Å²) in [5.41, 5.74) is 0. The van der Waals surface area contributed by atoms with Crippen molar-refractivity contribution in [2.24, 2.45) is 0 Å². The molecular formula is C2H5BI2. The third-order valence-electron chi connectivity index (χ3n) is 0. The minimum absolute atomic E-state index is 0. The molecule has 0 N–H and O–H groups in total. The van der Waals surface area contributed by atoms with Crippen LogP contribution in [-0.2, 0) is 0 Å². The van der Waals surface area contributed by atoms with E-state index in [1.54, 1.807) is 0 Å². The Morgan fingerprint density at radius 3 is 1.40 bits per heavy atom. The second-order valence-electron chi connectivity index (χ2n) is 0.408. The zero-order valence-electron chi connectivity index (χ0n) is 3.04. The summed E-state index contributed by atoms with van der Waals surface area (Å²) in [6, 6.07) is 0. The van der Waals surface area contributed by atoms with Gasteiger partial charge in [-0.25, -0.2) is 0 Å². The number of hydrogen-bond acceptors (Lipinski definition) is 0. The maximum Gasteiger partial charge on any atom is -1.00 e. The van der Waals surface area contributed by atoms with Crippen molar-refractivity contribution in [1.29, 1.82) is 0 Å². The smallest absolute Gasteiger partial charge is 1.00 e. The molecule has 0 saturated carbocycles. The standard InChI is InChI=1S/C2H5B.2HI/c1-2-3;;/h2H2,1H3;2*1H/q+2;;/p-2. The molecule has 0 aliphatic heterocycles. The summed E-state index contributed by atoms with van der Waals surface area (Å²) in [7, 11) is 4.85. The van der Waals surface area contributed by atoms with Crippen LogP contribution in [0.3, 0.4) is 0 Å². The molecule has 0 aromatic heterocycles. The number of hydrogen-bond donors (Lipinski definition) is 0. The van der Waals surface area contributed by atoms with E-state index < -0.39 is 0 Å². The SMILES string of the molecule is [B+2]CC.[I-].[I-]. The van der Waals surface area contributed by atoms with E-state index in [0.29, 0.717) is 0 Å². The summed E-state index contributed by atoms with van der Waals surface area (Å²) in [4.78, 5) is 0. The Morgan fingerprint density at radius 1 is 1.40 bits per heavy atom. The molecule has 0 amide bonds. The van der Waals surface area contributed by atoms with Crippen LogP contribution in [0.1, 0.15) is 6.92 Å². The van der Waals surface area contributed by atoms with Crippen molar-refractivity contribution in [2.45, 2.75) is 13.2 Å². The van der Waals surface area contributed by atoms with Crippen molar-refractivity contribution in [3.8, 4) is 0 Å². The van der Waals surface area contributed by atoms with Crippen molar-refractivity contribution in [3.63, 3.8) is 0 Å². The predicted octanol–water partition coefficient (Wildman–Crippen LogP) is -5.40. The molecule has 30 valence electrons. The fourth-order valence-electron chi connectivity index (χ4n) is 0. The fourth-order valence-corrected chi connectivity index (χ4v) is 0. The molecule has 3 heteroatoms. The molecule has 0 unspecified atom stereocenters. The first kappa shape index (κ1) is 16.0. The number of rotatable bonds is 0. The molecule has 0 spiro atoms. The van der Waals surface area contributed by atoms with Gasteiger partial charge in [-0.2, -0.15) is 0 Å². The van der Waals surface area contributed by atoms with Crippen molar-refractivity contribution in [1.82, 2.24) is 0 Å². The van der Waals surface area contributed by atoms with Crippen LogP contribution in [0, 0.1) is 0 Å². The Bertz CT molecular complexity index is 7.61. The van der Waals surface area contributed by atoms with Crippen LogP contribution >= 0.6 is 0 Å². The van der Waals surface area contributed by atoms with E-state index in [0.717, 1.165) is 6.32 Å². The summed E-state index contributed by atoms with van der Waals surface area (Å²) < 4.78 is 0.